The first-order valence-corrected chi connectivity index (χ1v) is 28.1. The van der Waals surface area contributed by atoms with Crippen LogP contribution >= 0.6 is 0 Å². The third kappa shape index (κ3) is 11.5. The first-order valence-electron chi connectivity index (χ1n) is 26.6. The van der Waals surface area contributed by atoms with Gasteiger partial charge in [0, 0.05) is 87.5 Å². The standard InChI is InChI=1S/C54H72N14O7S/c1-33-34(2)63-64-47(33)62-48-40-28-45(76(73,74)54(4,5)6)44(29-42(40)58-32-59-48)75-27-26-65-22-24-67(25-23-65)53-56-30-38(31-57-53)51(71)66-20-17-37(18-21-66)46(61-49(69)35(3)55-7)52(72)68-19-11-16-43(68)50(70)60-41-15-10-13-36-12-8-9-14-39(36)41/h8-9,12,14,28-32,35,37,41,43,46,55H,10-11,13,15-27H2,1-7H3,(H,60,70)(H,61,69)(H2,58,59,62,63,64)/t35-,41+,43-,46-/m0/s1. The van der Waals surface area contributed by atoms with Gasteiger partial charge in [-0.2, -0.15) is 5.10 Å². The lowest BCUT2D eigenvalue weighted by molar-refractivity contribution is -0.143. The predicted molar refractivity (Wildman–Crippen MR) is 288 cm³/mol. The van der Waals surface area contributed by atoms with Crippen molar-refractivity contribution in [2.45, 2.75) is 120 Å². The second-order valence-corrected chi connectivity index (χ2v) is 24.2. The molecule has 21 nitrogen and oxygen atoms in total. The van der Waals surface area contributed by atoms with Crippen LogP contribution in [0.25, 0.3) is 10.9 Å². The fraction of sp³-hybridized carbons (Fsp3) is 0.537. The van der Waals surface area contributed by atoms with Crippen LogP contribution in [0.3, 0.4) is 0 Å². The number of nitrogens with one attached hydrogen (secondary N) is 5. The summed E-state index contributed by atoms with van der Waals surface area (Å²) in [6.45, 7) is 15.1. The molecular weight excluding hydrogens is 989 g/mol. The summed E-state index contributed by atoms with van der Waals surface area (Å²) in [6.07, 6.45) is 9.53. The summed E-state index contributed by atoms with van der Waals surface area (Å²) in [7, 11) is -2.17. The van der Waals surface area contributed by atoms with Crippen molar-refractivity contribution < 1.29 is 32.3 Å². The molecule has 3 fully saturated rings. The number of H-pyrrole nitrogens is 1. The summed E-state index contributed by atoms with van der Waals surface area (Å²) < 4.78 is 33.2. The van der Waals surface area contributed by atoms with Crippen LogP contribution in [0, 0.1) is 19.8 Å². The number of nitrogens with zero attached hydrogens (tertiary/aromatic N) is 9. The molecular formula is C54H72N14O7S. The molecule has 2 aromatic carbocycles. The quantitative estimate of drug-likeness (QED) is 0.0918. The van der Waals surface area contributed by atoms with Crippen LogP contribution in [-0.4, -0.2) is 166 Å². The molecule has 0 unspecified atom stereocenters. The number of ether oxygens (including phenoxy) is 1. The normalized spacial score (nSPS) is 19.5. The number of piperidine rings is 1. The van der Waals surface area contributed by atoms with Crippen molar-refractivity contribution in [2.24, 2.45) is 5.92 Å². The number of sulfone groups is 1. The van der Waals surface area contributed by atoms with Crippen molar-refractivity contribution in [1.82, 2.24) is 60.8 Å². The lowest BCUT2D eigenvalue weighted by Gasteiger charge is -2.38. The molecule has 0 bridgehead atoms. The van der Waals surface area contributed by atoms with Crippen LogP contribution in [0.15, 0.2) is 60.0 Å². The van der Waals surface area contributed by atoms with E-state index in [0.717, 1.165) is 36.1 Å². The number of aromatic amines is 1. The summed E-state index contributed by atoms with van der Waals surface area (Å²) in [5.41, 5.74) is 5.07. The second-order valence-electron chi connectivity index (χ2n) is 21.5. The van der Waals surface area contributed by atoms with Gasteiger partial charge in [-0.15, -0.1) is 0 Å². The number of carbonyl (C=O) groups is 4. The second kappa shape index (κ2) is 22.8. The van der Waals surface area contributed by atoms with Crippen molar-refractivity contribution in [3.63, 3.8) is 0 Å². The minimum absolute atomic E-state index is 0.0606. The number of anilines is 3. The summed E-state index contributed by atoms with van der Waals surface area (Å²) >= 11 is 0. The van der Waals surface area contributed by atoms with Crippen LogP contribution in [-0.2, 0) is 30.6 Å². The Morgan fingerprint density at radius 3 is 2.32 bits per heavy atom. The number of aryl methyl sites for hydroxylation is 2. The number of hydrogen-bond donors (Lipinski definition) is 5. The zero-order chi connectivity index (χ0) is 53.9. The molecule has 0 spiro atoms. The molecule has 5 N–H and O–H groups in total. The average Bonchev–Trinajstić information content (AvgIpc) is 4.06. The Morgan fingerprint density at radius 2 is 1.62 bits per heavy atom. The van der Waals surface area contributed by atoms with Crippen LogP contribution in [0.4, 0.5) is 17.6 Å². The summed E-state index contributed by atoms with van der Waals surface area (Å²) in [4.78, 5) is 81.5. The molecule has 22 heteroatoms. The minimum atomic E-state index is -3.86. The summed E-state index contributed by atoms with van der Waals surface area (Å²) in [5, 5.41) is 20.3. The highest BCUT2D eigenvalue weighted by Gasteiger charge is 2.43. The maximum absolute atomic E-state index is 14.6. The van der Waals surface area contributed by atoms with Crippen molar-refractivity contribution in [3.05, 3.63) is 83.1 Å². The Bertz CT molecular complexity index is 3040. The molecule has 3 saturated heterocycles. The predicted octanol–water partition coefficient (Wildman–Crippen LogP) is 4.41. The summed E-state index contributed by atoms with van der Waals surface area (Å²) in [5.74, 6) is 0.559. The van der Waals surface area contributed by atoms with Gasteiger partial charge in [0.2, 0.25) is 23.7 Å². The molecule has 3 aliphatic heterocycles. The molecule has 3 aromatic heterocycles. The fourth-order valence-electron chi connectivity index (χ4n) is 10.6. The zero-order valence-electron chi connectivity index (χ0n) is 44.7. The Kier molecular flexibility index (Phi) is 16.2. The van der Waals surface area contributed by atoms with Gasteiger partial charge in [0.15, 0.2) is 15.7 Å². The third-order valence-corrected chi connectivity index (χ3v) is 18.2. The van der Waals surface area contributed by atoms with E-state index in [9.17, 15) is 27.6 Å². The lowest BCUT2D eigenvalue weighted by Crippen LogP contribution is -2.59. The first kappa shape index (κ1) is 54.0. The molecule has 0 saturated carbocycles. The Morgan fingerprint density at radius 1 is 0.882 bits per heavy atom. The van der Waals surface area contributed by atoms with E-state index in [1.165, 1.54) is 11.9 Å². The largest absolute Gasteiger partial charge is 0.491 e. The highest BCUT2D eigenvalue weighted by Crippen LogP contribution is 2.38. The molecule has 1 aliphatic carbocycles. The van der Waals surface area contributed by atoms with Gasteiger partial charge < -0.3 is 40.7 Å². The van der Waals surface area contributed by atoms with E-state index in [2.05, 4.69) is 73.3 Å². The molecule has 5 aromatic rings. The molecule has 4 aliphatic rings. The highest BCUT2D eigenvalue weighted by atomic mass is 32.2. The van der Waals surface area contributed by atoms with Gasteiger partial charge >= 0.3 is 0 Å². The highest BCUT2D eigenvalue weighted by molar-refractivity contribution is 7.92. The zero-order valence-corrected chi connectivity index (χ0v) is 45.5. The molecule has 6 heterocycles. The number of likely N-dealkylation sites (N-methyl/N-ethyl adjacent to an activating group) is 1. The van der Waals surface area contributed by atoms with Crippen LogP contribution < -0.4 is 30.9 Å². The van der Waals surface area contributed by atoms with Gasteiger partial charge in [-0.05, 0) is 117 Å². The number of hydrogen-bond acceptors (Lipinski definition) is 16. The van der Waals surface area contributed by atoms with E-state index >= 15 is 0 Å². The topological polar surface area (TPSA) is 253 Å². The van der Waals surface area contributed by atoms with E-state index in [1.807, 2.05) is 26.0 Å². The number of amides is 4. The monoisotopic (exact) mass is 1060 g/mol. The van der Waals surface area contributed by atoms with Crippen LogP contribution in [0.1, 0.15) is 105 Å². The number of benzene rings is 2. The SMILES string of the molecule is CN[C@@H](C)C(=O)N[C@H](C(=O)N1CCC[C@H]1C(=O)N[C@@H]1CCCc2ccccc21)C1CCN(C(=O)c2cnc(N3CCN(CCOc4cc5ncnc(Nc6n[nH]c(C)c6C)c5cc4S(=O)(=O)C(C)(C)C)CC3)nc2)CC1. The first-order chi connectivity index (χ1) is 36.4. The summed E-state index contributed by atoms with van der Waals surface area (Å²) in [6, 6.07) is 9.31. The van der Waals surface area contributed by atoms with E-state index in [-0.39, 0.29) is 52.8 Å². The molecule has 406 valence electrons. The van der Waals surface area contributed by atoms with Gasteiger partial charge in [0.1, 0.15) is 41.5 Å². The maximum atomic E-state index is 14.6. The lowest BCUT2D eigenvalue weighted by atomic mass is 9.87. The van der Waals surface area contributed by atoms with Crippen LogP contribution in [0.2, 0.25) is 0 Å². The minimum Gasteiger partial charge on any atom is -0.491 e. The van der Waals surface area contributed by atoms with Crippen LogP contribution in [0.5, 0.6) is 5.75 Å². The van der Waals surface area contributed by atoms with E-state index in [4.69, 9.17) is 4.74 Å². The Balaban J connectivity index is 0.781. The number of fused-ring (bicyclic) bond motifs is 2. The van der Waals surface area contributed by atoms with E-state index < -0.39 is 32.7 Å². The third-order valence-electron chi connectivity index (χ3n) is 15.7. The smallest absolute Gasteiger partial charge is 0.256 e. The van der Waals surface area contributed by atoms with Gasteiger partial charge in [0.05, 0.1) is 27.9 Å². The van der Waals surface area contributed by atoms with Crippen molar-refractivity contribution in [3.8, 4) is 5.75 Å². The average molecular weight is 1060 g/mol. The molecule has 0 radical (unpaired) electrons. The van der Waals surface area contributed by atoms with Gasteiger partial charge in [0.25, 0.3) is 5.91 Å². The molecule has 9 rings (SSSR count). The van der Waals surface area contributed by atoms with Gasteiger partial charge in [-0.25, -0.2) is 28.4 Å². The molecule has 4 atom stereocenters. The number of likely N-dealkylation sites (tertiary alicyclic amines) is 2. The van der Waals surface area contributed by atoms with E-state index in [1.54, 1.807) is 69.1 Å². The van der Waals surface area contributed by atoms with E-state index in [0.29, 0.717) is 112 Å². The van der Waals surface area contributed by atoms with Crippen molar-refractivity contribution >= 4 is 62.0 Å². The van der Waals surface area contributed by atoms with Gasteiger partial charge in [-0.3, -0.25) is 29.2 Å². The van der Waals surface area contributed by atoms with Crippen molar-refractivity contribution in [1.29, 1.82) is 0 Å². The van der Waals surface area contributed by atoms with Gasteiger partial charge in [-0.1, -0.05) is 24.3 Å². The Labute approximate surface area is 444 Å². The number of carbonyl (C=O) groups excluding carboxylic acids is 4. The molecule has 4 amide bonds. The van der Waals surface area contributed by atoms with Crippen molar-refractivity contribution in [2.75, 3.05) is 76.2 Å². The number of rotatable bonds is 16. The Hall–Kier alpha value is -6.78. The molecule has 76 heavy (non-hydrogen) atoms. The maximum Gasteiger partial charge on any atom is 0.256 e. The fourth-order valence-corrected chi connectivity index (χ4v) is 12.0. The number of piperazine rings is 1. The number of aromatic nitrogens is 6.